The molecule has 3 aromatic rings. The number of carbonyl (C=O) groups is 2. The molecule has 1 unspecified atom stereocenters. The van der Waals surface area contributed by atoms with Crippen molar-refractivity contribution in [3.05, 3.63) is 66.5 Å². The molecule has 0 spiro atoms. The van der Waals surface area contributed by atoms with Crippen LogP contribution in [0.4, 0.5) is 18.9 Å². The van der Waals surface area contributed by atoms with E-state index in [-0.39, 0.29) is 0 Å². The van der Waals surface area contributed by atoms with E-state index in [1.54, 1.807) is 13.0 Å². The fourth-order valence-electron chi connectivity index (χ4n) is 2.79. The Hall–Kier alpha value is -3.27. The molecular weight excluding hydrogens is 429 g/mol. The van der Waals surface area contributed by atoms with Crippen LogP contribution in [0.25, 0.3) is 11.0 Å². The summed E-state index contributed by atoms with van der Waals surface area (Å²) < 4.78 is 41.8. The highest BCUT2D eigenvalue weighted by Gasteiger charge is 2.20. The van der Waals surface area contributed by atoms with E-state index in [1.165, 1.54) is 11.8 Å². The van der Waals surface area contributed by atoms with Crippen molar-refractivity contribution in [3.8, 4) is 0 Å². The highest BCUT2D eigenvalue weighted by atomic mass is 32.2. The SMILES string of the molecule is C=CCn1c(SC(C)C(=O)NCC(=O)Nc2ccc(F)c(F)c2F)nc2ccccc21. The maximum absolute atomic E-state index is 13.6. The standard InChI is InChI=1S/C21H19F3N4O2S/c1-3-10-28-16-7-5-4-6-14(16)27-21(28)31-12(2)20(30)25-11-17(29)26-15-9-8-13(22)18(23)19(15)24/h3-9,12H,1,10-11H2,2H3,(H,25,30)(H,26,29). The van der Waals surface area contributed by atoms with Gasteiger partial charge < -0.3 is 15.2 Å². The number of hydrogen-bond acceptors (Lipinski definition) is 4. The van der Waals surface area contributed by atoms with Gasteiger partial charge >= 0.3 is 0 Å². The van der Waals surface area contributed by atoms with Crippen LogP contribution in [0.5, 0.6) is 0 Å². The molecule has 0 aliphatic rings. The van der Waals surface area contributed by atoms with Crippen LogP contribution in [0, 0.1) is 17.5 Å². The number of nitrogens with zero attached hydrogens (tertiary/aromatic N) is 2. The first-order valence-electron chi connectivity index (χ1n) is 9.25. The molecule has 2 N–H and O–H groups in total. The molecule has 2 aromatic carbocycles. The molecule has 1 aromatic heterocycles. The average Bonchev–Trinajstić information content (AvgIpc) is 3.09. The number of anilines is 1. The highest BCUT2D eigenvalue weighted by Crippen LogP contribution is 2.27. The lowest BCUT2D eigenvalue weighted by Gasteiger charge is -2.13. The fourth-order valence-corrected chi connectivity index (χ4v) is 3.75. The zero-order valence-corrected chi connectivity index (χ0v) is 17.3. The summed E-state index contributed by atoms with van der Waals surface area (Å²) in [6.07, 6.45) is 1.73. The fraction of sp³-hybridized carbons (Fsp3) is 0.190. The summed E-state index contributed by atoms with van der Waals surface area (Å²) in [6, 6.07) is 9.14. The van der Waals surface area contributed by atoms with Crippen molar-refractivity contribution in [2.24, 2.45) is 0 Å². The first-order chi connectivity index (χ1) is 14.8. The lowest BCUT2D eigenvalue weighted by Crippen LogP contribution is -2.37. The van der Waals surface area contributed by atoms with Crippen LogP contribution in [0.2, 0.25) is 0 Å². The first kappa shape index (κ1) is 22.4. The van der Waals surface area contributed by atoms with Crippen molar-refractivity contribution in [2.75, 3.05) is 11.9 Å². The van der Waals surface area contributed by atoms with Crippen LogP contribution in [0.15, 0.2) is 54.2 Å². The molecule has 1 atom stereocenters. The van der Waals surface area contributed by atoms with E-state index in [9.17, 15) is 22.8 Å². The van der Waals surface area contributed by atoms with E-state index in [4.69, 9.17) is 0 Å². The zero-order chi connectivity index (χ0) is 22.5. The van der Waals surface area contributed by atoms with Crippen LogP contribution in [0.1, 0.15) is 6.92 Å². The van der Waals surface area contributed by atoms with E-state index in [1.807, 2.05) is 28.8 Å². The topological polar surface area (TPSA) is 76.0 Å². The van der Waals surface area contributed by atoms with Crippen molar-refractivity contribution in [2.45, 2.75) is 23.9 Å². The molecule has 162 valence electrons. The van der Waals surface area contributed by atoms with Crippen LogP contribution in [-0.2, 0) is 16.1 Å². The van der Waals surface area contributed by atoms with Gasteiger partial charge in [-0.25, -0.2) is 18.2 Å². The molecule has 0 radical (unpaired) electrons. The van der Waals surface area contributed by atoms with Crippen molar-refractivity contribution < 1.29 is 22.8 Å². The predicted octanol–water partition coefficient (Wildman–Crippen LogP) is 3.88. The van der Waals surface area contributed by atoms with Crippen LogP contribution < -0.4 is 10.6 Å². The van der Waals surface area contributed by atoms with Gasteiger partial charge in [-0.2, -0.15) is 0 Å². The van der Waals surface area contributed by atoms with Gasteiger partial charge in [0.15, 0.2) is 22.6 Å². The Kier molecular flexibility index (Phi) is 7.01. The monoisotopic (exact) mass is 448 g/mol. The van der Waals surface area contributed by atoms with Gasteiger partial charge in [0.05, 0.1) is 28.5 Å². The van der Waals surface area contributed by atoms with E-state index >= 15 is 0 Å². The smallest absolute Gasteiger partial charge is 0.243 e. The summed E-state index contributed by atoms with van der Waals surface area (Å²) in [5.74, 6) is -5.78. The van der Waals surface area contributed by atoms with Gasteiger partial charge in [-0.3, -0.25) is 9.59 Å². The average molecular weight is 448 g/mol. The lowest BCUT2D eigenvalue weighted by atomic mass is 10.2. The van der Waals surface area contributed by atoms with Gasteiger partial charge in [0.25, 0.3) is 0 Å². The van der Waals surface area contributed by atoms with Crippen molar-refractivity contribution in [1.82, 2.24) is 14.9 Å². The molecule has 0 saturated carbocycles. The number of rotatable bonds is 8. The second-order valence-electron chi connectivity index (χ2n) is 6.53. The Morgan fingerprint density at radius 3 is 2.68 bits per heavy atom. The number of benzene rings is 2. The third-order valence-electron chi connectivity index (χ3n) is 4.32. The number of carbonyl (C=O) groups excluding carboxylic acids is 2. The summed E-state index contributed by atoms with van der Waals surface area (Å²) >= 11 is 1.21. The number of imidazole rings is 1. The molecule has 6 nitrogen and oxygen atoms in total. The number of nitrogens with one attached hydrogen (secondary N) is 2. The molecule has 0 aliphatic carbocycles. The third-order valence-corrected chi connectivity index (χ3v) is 5.41. The second kappa shape index (κ2) is 9.69. The van der Waals surface area contributed by atoms with Crippen LogP contribution >= 0.6 is 11.8 Å². The number of thioether (sulfide) groups is 1. The number of hydrogen-bond donors (Lipinski definition) is 2. The zero-order valence-electron chi connectivity index (χ0n) is 16.5. The Morgan fingerprint density at radius 2 is 1.94 bits per heavy atom. The number of para-hydroxylation sites is 2. The van der Waals surface area contributed by atoms with Crippen LogP contribution in [-0.4, -0.2) is 33.2 Å². The summed E-state index contributed by atoms with van der Waals surface area (Å²) in [5, 5.41) is 4.56. The summed E-state index contributed by atoms with van der Waals surface area (Å²) in [6.45, 7) is 5.45. The predicted molar refractivity (Wildman–Crippen MR) is 113 cm³/mol. The molecule has 10 heteroatoms. The molecule has 0 aliphatic heterocycles. The van der Waals surface area contributed by atoms with E-state index < -0.39 is 46.7 Å². The first-order valence-corrected chi connectivity index (χ1v) is 10.1. The van der Waals surface area contributed by atoms with E-state index in [0.717, 1.165) is 17.1 Å². The number of halogens is 3. The van der Waals surface area contributed by atoms with Crippen molar-refractivity contribution in [3.63, 3.8) is 0 Å². The normalized spacial score (nSPS) is 11.9. The number of fused-ring (bicyclic) bond motifs is 1. The minimum Gasteiger partial charge on any atom is -0.346 e. The molecule has 1 heterocycles. The highest BCUT2D eigenvalue weighted by molar-refractivity contribution is 8.00. The van der Waals surface area contributed by atoms with Gasteiger partial charge in [-0.1, -0.05) is 30.0 Å². The largest absolute Gasteiger partial charge is 0.346 e. The van der Waals surface area contributed by atoms with Gasteiger partial charge in [-0.05, 0) is 31.2 Å². The Bertz CT molecular complexity index is 1150. The molecule has 31 heavy (non-hydrogen) atoms. The molecule has 0 fully saturated rings. The minimum absolute atomic E-state index is 0.442. The van der Waals surface area contributed by atoms with Crippen molar-refractivity contribution in [1.29, 1.82) is 0 Å². The summed E-state index contributed by atoms with van der Waals surface area (Å²) in [4.78, 5) is 28.9. The number of aromatic nitrogens is 2. The van der Waals surface area contributed by atoms with Gasteiger partial charge in [0.2, 0.25) is 11.8 Å². The molecule has 0 bridgehead atoms. The Balaban J connectivity index is 1.61. The van der Waals surface area contributed by atoms with Crippen molar-refractivity contribution >= 4 is 40.3 Å². The van der Waals surface area contributed by atoms with Crippen LogP contribution in [0.3, 0.4) is 0 Å². The molecule has 3 rings (SSSR count). The van der Waals surface area contributed by atoms with Gasteiger partial charge in [-0.15, -0.1) is 6.58 Å². The Labute approximate surface area is 180 Å². The third kappa shape index (κ3) is 5.08. The lowest BCUT2D eigenvalue weighted by molar-refractivity contribution is -0.123. The van der Waals surface area contributed by atoms with Gasteiger partial charge in [0.1, 0.15) is 0 Å². The summed E-state index contributed by atoms with van der Waals surface area (Å²) in [7, 11) is 0. The Morgan fingerprint density at radius 1 is 1.19 bits per heavy atom. The molecule has 2 amide bonds. The van der Waals surface area contributed by atoms with E-state index in [0.29, 0.717) is 17.8 Å². The minimum atomic E-state index is -1.69. The quantitative estimate of drug-likeness (QED) is 0.312. The second-order valence-corrected chi connectivity index (χ2v) is 7.84. The summed E-state index contributed by atoms with van der Waals surface area (Å²) in [5.41, 5.74) is 1.18. The van der Waals surface area contributed by atoms with Gasteiger partial charge in [0, 0.05) is 6.54 Å². The number of amides is 2. The molecular formula is C21H19F3N4O2S. The maximum atomic E-state index is 13.6. The number of allylic oxidation sites excluding steroid dienone is 1. The molecule has 0 saturated heterocycles. The van der Waals surface area contributed by atoms with E-state index in [2.05, 4.69) is 22.2 Å². The maximum Gasteiger partial charge on any atom is 0.243 e.